The van der Waals surface area contributed by atoms with Gasteiger partial charge >= 0.3 is 5.97 Å². The van der Waals surface area contributed by atoms with Crippen LogP contribution in [0.5, 0.6) is 11.5 Å². The summed E-state index contributed by atoms with van der Waals surface area (Å²) in [7, 11) is 0. The molecule has 0 spiro atoms. The van der Waals surface area contributed by atoms with Gasteiger partial charge in [-0.15, -0.1) is 0 Å². The minimum Gasteiger partial charge on any atom is -0.494 e. The molecule has 2 aromatic rings. The summed E-state index contributed by atoms with van der Waals surface area (Å²) < 4.78 is 11.4. The number of esters is 1. The first-order valence-electron chi connectivity index (χ1n) is 12.7. The number of carbonyl (C=O) groups is 1. The first-order chi connectivity index (χ1) is 16.0. The Bertz CT molecular complexity index is 786. The highest BCUT2D eigenvalue weighted by Crippen LogP contribution is 2.26. The van der Waals surface area contributed by atoms with Gasteiger partial charge in [-0.05, 0) is 47.7 Å². The van der Waals surface area contributed by atoms with Gasteiger partial charge in [0.1, 0.15) is 16.3 Å². The van der Waals surface area contributed by atoms with Crippen LogP contribution in [0.15, 0.2) is 48.5 Å². The monoisotopic (exact) mass is 516 g/mol. The van der Waals surface area contributed by atoms with Crippen molar-refractivity contribution in [3.05, 3.63) is 48.5 Å². The van der Waals surface area contributed by atoms with Crippen LogP contribution in [0.2, 0.25) is 0 Å². The number of hydrogen-bond donors (Lipinski definition) is 0. The van der Waals surface area contributed by atoms with Crippen molar-refractivity contribution in [3.8, 4) is 22.6 Å². The van der Waals surface area contributed by atoms with Crippen LogP contribution in [0.4, 0.5) is 0 Å². The fourth-order valence-corrected chi connectivity index (χ4v) is 4.14. The van der Waals surface area contributed by atoms with Gasteiger partial charge in [-0.25, -0.2) is 0 Å². The molecule has 0 aromatic heterocycles. The van der Waals surface area contributed by atoms with Gasteiger partial charge in [0.15, 0.2) is 0 Å². The van der Waals surface area contributed by atoms with E-state index >= 15 is 0 Å². The Kier molecular flexibility index (Phi) is 13.2. The van der Waals surface area contributed by atoms with Crippen molar-refractivity contribution < 1.29 is 14.3 Å². The Morgan fingerprint density at radius 1 is 0.758 bits per heavy atom. The Labute approximate surface area is 209 Å². The number of rotatable bonds is 16. The summed E-state index contributed by atoms with van der Waals surface area (Å²) in [5, 5.41) is 0. The smallest absolute Gasteiger partial charge is 0.325 e. The largest absolute Gasteiger partial charge is 0.494 e. The molecule has 0 heterocycles. The topological polar surface area (TPSA) is 35.5 Å². The molecule has 0 saturated carbocycles. The maximum Gasteiger partial charge on any atom is 0.325 e. The number of unbranched alkanes of at least 4 members (excludes halogenated alkanes) is 8. The zero-order valence-corrected chi connectivity index (χ0v) is 22.2. The Hall–Kier alpha value is -1.81. The quantitative estimate of drug-likeness (QED) is 0.0965. The molecule has 0 amide bonds. The van der Waals surface area contributed by atoms with Crippen molar-refractivity contribution in [2.45, 2.75) is 89.8 Å². The summed E-state index contributed by atoms with van der Waals surface area (Å²) in [6.45, 7) is 7.14. The van der Waals surface area contributed by atoms with E-state index in [1.807, 2.05) is 43.3 Å². The molecule has 33 heavy (non-hydrogen) atoms. The Balaban J connectivity index is 1.70. The fraction of sp³-hybridized carbons (Fsp3) is 0.552. The number of carbonyl (C=O) groups excluding carboxylic acids is 1. The highest BCUT2D eigenvalue weighted by molar-refractivity contribution is 9.10. The van der Waals surface area contributed by atoms with E-state index in [0.717, 1.165) is 36.3 Å². The van der Waals surface area contributed by atoms with E-state index in [1.165, 1.54) is 51.4 Å². The third kappa shape index (κ3) is 10.3. The molecular formula is C29H41BrO3. The molecule has 4 heteroatoms. The first-order valence-corrected chi connectivity index (χ1v) is 13.7. The predicted octanol–water partition coefficient (Wildman–Crippen LogP) is 8.98. The van der Waals surface area contributed by atoms with E-state index in [2.05, 4.69) is 41.9 Å². The molecule has 0 N–H and O–H groups in total. The summed E-state index contributed by atoms with van der Waals surface area (Å²) >= 11 is 3.44. The van der Waals surface area contributed by atoms with Crippen molar-refractivity contribution in [3.63, 3.8) is 0 Å². The lowest BCUT2D eigenvalue weighted by Crippen LogP contribution is -2.26. The second-order valence-corrected chi connectivity index (χ2v) is 9.92. The van der Waals surface area contributed by atoms with Crippen LogP contribution in [0.25, 0.3) is 11.1 Å². The van der Waals surface area contributed by atoms with Crippen molar-refractivity contribution in [1.29, 1.82) is 0 Å². The van der Waals surface area contributed by atoms with Crippen molar-refractivity contribution in [2.24, 2.45) is 5.92 Å². The van der Waals surface area contributed by atoms with Crippen LogP contribution >= 0.6 is 15.9 Å². The third-order valence-corrected chi connectivity index (χ3v) is 7.42. The molecule has 0 radical (unpaired) electrons. The van der Waals surface area contributed by atoms with Crippen LogP contribution in [-0.4, -0.2) is 17.4 Å². The molecule has 0 aliphatic heterocycles. The second kappa shape index (κ2) is 15.9. The average Bonchev–Trinajstić information content (AvgIpc) is 2.85. The number of alkyl halides is 1. The van der Waals surface area contributed by atoms with E-state index in [9.17, 15) is 4.79 Å². The van der Waals surface area contributed by atoms with Crippen LogP contribution in [0.3, 0.4) is 0 Å². The summed E-state index contributed by atoms with van der Waals surface area (Å²) in [5.41, 5.74) is 2.19. The highest BCUT2D eigenvalue weighted by atomic mass is 79.9. The maximum absolute atomic E-state index is 12.2. The van der Waals surface area contributed by atoms with Gasteiger partial charge in [0.25, 0.3) is 0 Å². The molecule has 0 aliphatic rings. The van der Waals surface area contributed by atoms with Crippen LogP contribution in [0.1, 0.15) is 85.0 Å². The lowest BCUT2D eigenvalue weighted by atomic mass is 10.1. The van der Waals surface area contributed by atoms with Crippen molar-refractivity contribution >= 4 is 21.9 Å². The maximum atomic E-state index is 12.2. The molecule has 182 valence electrons. The minimum atomic E-state index is -0.287. The standard InChI is InChI=1S/C29H41BrO3/c1-4-6-7-8-9-10-11-12-13-22-32-26-18-14-24(15-19-26)25-16-20-27(21-17-25)33-29(31)28(30)23(3)5-2/h14-21,23,28H,4-13,22H2,1-3H3. The SMILES string of the molecule is CCCCCCCCCCCOc1ccc(-c2ccc(OC(=O)C(Br)C(C)CC)cc2)cc1. The first kappa shape index (κ1) is 27.4. The van der Waals surface area contributed by atoms with Gasteiger partial charge < -0.3 is 9.47 Å². The van der Waals surface area contributed by atoms with Crippen molar-refractivity contribution in [1.82, 2.24) is 0 Å². The van der Waals surface area contributed by atoms with Gasteiger partial charge in [-0.2, -0.15) is 0 Å². The van der Waals surface area contributed by atoms with Crippen LogP contribution < -0.4 is 9.47 Å². The Morgan fingerprint density at radius 2 is 1.24 bits per heavy atom. The summed E-state index contributed by atoms with van der Waals surface area (Å²) in [5.74, 6) is 1.47. The van der Waals surface area contributed by atoms with E-state index in [-0.39, 0.29) is 16.7 Å². The predicted molar refractivity (Wildman–Crippen MR) is 142 cm³/mol. The molecule has 2 aromatic carbocycles. The minimum absolute atomic E-state index is 0.234. The highest BCUT2D eigenvalue weighted by Gasteiger charge is 2.22. The van der Waals surface area contributed by atoms with Gasteiger partial charge in [-0.1, -0.05) is 119 Å². The zero-order chi connectivity index (χ0) is 23.9. The molecule has 0 saturated heterocycles. The third-order valence-electron chi connectivity index (χ3n) is 6.15. The van der Waals surface area contributed by atoms with E-state index in [1.54, 1.807) is 0 Å². The lowest BCUT2D eigenvalue weighted by Gasteiger charge is -2.15. The van der Waals surface area contributed by atoms with Crippen LogP contribution in [0, 0.1) is 5.92 Å². The number of halogens is 1. The molecule has 2 rings (SSSR count). The van der Waals surface area contributed by atoms with Gasteiger partial charge in [0.2, 0.25) is 0 Å². The van der Waals surface area contributed by atoms with Gasteiger partial charge in [0.05, 0.1) is 6.61 Å². The molecular weight excluding hydrogens is 476 g/mol. The van der Waals surface area contributed by atoms with Crippen molar-refractivity contribution in [2.75, 3.05) is 6.61 Å². The summed E-state index contributed by atoms with van der Waals surface area (Å²) in [4.78, 5) is 11.9. The molecule has 0 bridgehead atoms. The zero-order valence-electron chi connectivity index (χ0n) is 20.7. The number of hydrogen-bond acceptors (Lipinski definition) is 3. The molecule has 0 aliphatic carbocycles. The van der Waals surface area contributed by atoms with E-state index in [4.69, 9.17) is 9.47 Å². The molecule has 2 unspecified atom stereocenters. The fourth-order valence-electron chi connectivity index (χ4n) is 3.67. The second-order valence-electron chi connectivity index (χ2n) is 8.93. The average molecular weight is 518 g/mol. The van der Waals surface area contributed by atoms with Gasteiger partial charge in [-0.3, -0.25) is 4.79 Å². The number of benzene rings is 2. The number of ether oxygens (including phenoxy) is 2. The lowest BCUT2D eigenvalue weighted by molar-refractivity contribution is -0.134. The van der Waals surface area contributed by atoms with Crippen LogP contribution in [-0.2, 0) is 4.79 Å². The normalized spacial score (nSPS) is 12.8. The summed E-state index contributed by atoms with van der Waals surface area (Å²) in [6.07, 6.45) is 12.8. The van der Waals surface area contributed by atoms with Gasteiger partial charge in [0, 0.05) is 0 Å². The molecule has 0 fully saturated rings. The Morgan fingerprint density at radius 3 is 1.76 bits per heavy atom. The molecule has 2 atom stereocenters. The summed E-state index contributed by atoms with van der Waals surface area (Å²) in [6, 6.07) is 15.8. The van der Waals surface area contributed by atoms with E-state index < -0.39 is 0 Å². The van der Waals surface area contributed by atoms with E-state index in [0.29, 0.717) is 5.75 Å². The molecule has 3 nitrogen and oxygen atoms in total.